The van der Waals surface area contributed by atoms with E-state index in [-0.39, 0.29) is 18.2 Å². The normalized spacial score (nSPS) is 29.1. The third-order valence-corrected chi connectivity index (χ3v) is 6.77. The molecule has 1 aliphatic carbocycles. The van der Waals surface area contributed by atoms with Gasteiger partial charge in [0.1, 0.15) is 0 Å². The summed E-state index contributed by atoms with van der Waals surface area (Å²) in [4.78, 5) is 2.29. The van der Waals surface area contributed by atoms with E-state index in [1.807, 2.05) is 6.08 Å². The van der Waals surface area contributed by atoms with Crippen molar-refractivity contribution in [1.82, 2.24) is 4.90 Å². The lowest BCUT2D eigenvalue weighted by Gasteiger charge is -2.42. The summed E-state index contributed by atoms with van der Waals surface area (Å²) in [6, 6.07) is 0. The Labute approximate surface area is 166 Å². The summed E-state index contributed by atoms with van der Waals surface area (Å²) in [7, 11) is 3.35. The molecule has 1 heterocycles. The fourth-order valence-corrected chi connectivity index (χ4v) is 4.37. The van der Waals surface area contributed by atoms with Crippen LogP contribution in [-0.4, -0.2) is 63.5 Å². The first kappa shape index (κ1) is 22.8. The van der Waals surface area contributed by atoms with Crippen LogP contribution >= 0.6 is 0 Å². The summed E-state index contributed by atoms with van der Waals surface area (Å²) in [5.74, 6) is 0.457. The average Bonchev–Trinajstić information content (AvgIpc) is 3.06. The molecule has 27 heavy (non-hydrogen) atoms. The summed E-state index contributed by atoms with van der Waals surface area (Å²) < 4.78 is 23.3. The SMILES string of the molecule is C=CCN(CCC1COC2(CCC(C(C)(C)CC)CC2)O1)CC(OC)OC. The Hall–Kier alpha value is -0.460. The number of hydrogen-bond acceptors (Lipinski definition) is 5. The molecular weight excluding hydrogens is 342 g/mol. The molecule has 0 aromatic rings. The minimum Gasteiger partial charge on any atom is -0.355 e. The summed E-state index contributed by atoms with van der Waals surface area (Å²) in [6.45, 7) is 14.1. The number of rotatable bonds is 11. The fraction of sp³-hybridized carbons (Fsp3) is 0.909. The predicted octanol–water partition coefficient (Wildman–Crippen LogP) is 4.22. The topological polar surface area (TPSA) is 40.2 Å². The summed E-state index contributed by atoms with van der Waals surface area (Å²) >= 11 is 0. The van der Waals surface area contributed by atoms with Crippen LogP contribution < -0.4 is 0 Å². The second-order valence-electron chi connectivity index (χ2n) is 8.82. The van der Waals surface area contributed by atoms with Gasteiger partial charge in [-0.05, 0) is 30.6 Å². The summed E-state index contributed by atoms with van der Waals surface area (Å²) in [6.07, 6.45) is 8.56. The van der Waals surface area contributed by atoms with E-state index in [0.29, 0.717) is 12.0 Å². The number of ether oxygens (including phenoxy) is 4. The van der Waals surface area contributed by atoms with E-state index in [1.54, 1.807) is 14.2 Å². The quantitative estimate of drug-likeness (QED) is 0.395. The van der Waals surface area contributed by atoms with Gasteiger partial charge in [-0.25, -0.2) is 0 Å². The largest absolute Gasteiger partial charge is 0.355 e. The van der Waals surface area contributed by atoms with Gasteiger partial charge in [-0.1, -0.05) is 33.3 Å². The highest BCUT2D eigenvalue weighted by Gasteiger charge is 2.46. The molecule has 2 aliphatic rings. The van der Waals surface area contributed by atoms with Gasteiger partial charge in [-0.3, -0.25) is 4.90 Å². The molecule has 1 atom stereocenters. The average molecular weight is 384 g/mol. The minimum atomic E-state index is -0.324. The first-order valence-electron chi connectivity index (χ1n) is 10.6. The van der Waals surface area contributed by atoms with E-state index in [4.69, 9.17) is 18.9 Å². The van der Waals surface area contributed by atoms with Crippen LogP contribution in [0.15, 0.2) is 12.7 Å². The molecule has 1 saturated carbocycles. The van der Waals surface area contributed by atoms with Crippen LogP contribution in [0.1, 0.15) is 59.3 Å². The molecule has 0 aromatic heterocycles. The Morgan fingerprint density at radius 1 is 1.26 bits per heavy atom. The molecule has 1 saturated heterocycles. The Bertz CT molecular complexity index is 442. The smallest absolute Gasteiger partial charge is 0.169 e. The molecule has 0 bridgehead atoms. The van der Waals surface area contributed by atoms with E-state index in [9.17, 15) is 0 Å². The standard InChI is InChI=1S/C22H41NO4/c1-7-14-23(16-20(24-5)25-6)15-11-19-17-26-22(27-19)12-9-18(10-13-22)21(3,4)8-2/h7,18-20H,1,8-17H2,2-6H3. The van der Waals surface area contributed by atoms with Crippen molar-refractivity contribution < 1.29 is 18.9 Å². The van der Waals surface area contributed by atoms with Gasteiger partial charge in [0.25, 0.3) is 0 Å². The molecular formula is C22H41NO4. The highest BCUT2D eigenvalue weighted by Crippen LogP contribution is 2.47. The molecule has 2 fully saturated rings. The zero-order chi connectivity index (χ0) is 19.9. The lowest BCUT2D eigenvalue weighted by atomic mass is 9.68. The molecule has 0 radical (unpaired) electrons. The first-order chi connectivity index (χ1) is 12.9. The van der Waals surface area contributed by atoms with Gasteiger partial charge in [0.15, 0.2) is 12.1 Å². The zero-order valence-corrected chi connectivity index (χ0v) is 18.2. The van der Waals surface area contributed by atoms with Crippen LogP contribution in [0, 0.1) is 11.3 Å². The Balaban J connectivity index is 1.79. The van der Waals surface area contributed by atoms with Gasteiger partial charge in [0.05, 0.1) is 12.7 Å². The fourth-order valence-electron chi connectivity index (χ4n) is 4.37. The van der Waals surface area contributed by atoms with E-state index in [0.717, 1.165) is 44.8 Å². The van der Waals surface area contributed by atoms with Crippen molar-refractivity contribution in [3.63, 3.8) is 0 Å². The maximum Gasteiger partial charge on any atom is 0.169 e. The van der Waals surface area contributed by atoms with Gasteiger partial charge in [-0.15, -0.1) is 6.58 Å². The molecule has 1 aliphatic heterocycles. The van der Waals surface area contributed by atoms with Crippen molar-refractivity contribution in [2.45, 2.75) is 77.5 Å². The van der Waals surface area contributed by atoms with E-state index in [1.165, 1.54) is 19.3 Å². The number of nitrogens with zero attached hydrogens (tertiary/aromatic N) is 1. The molecule has 5 nitrogen and oxygen atoms in total. The summed E-state index contributed by atoms with van der Waals surface area (Å²) in [5.41, 5.74) is 0.421. The maximum atomic E-state index is 6.43. The predicted molar refractivity (Wildman–Crippen MR) is 109 cm³/mol. The van der Waals surface area contributed by atoms with Crippen molar-refractivity contribution in [2.75, 3.05) is 40.5 Å². The van der Waals surface area contributed by atoms with Gasteiger partial charge < -0.3 is 18.9 Å². The third kappa shape index (κ3) is 6.26. The molecule has 0 aromatic carbocycles. The van der Waals surface area contributed by atoms with Gasteiger partial charge in [0, 0.05) is 46.7 Å². The Kier molecular flexibility index (Phi) is 8.75. The lowest BCUT2D eigenvalue weighted by Crippen LogP contribution is -2.40. The van der Waals surface area contributed by atoms with E-state index < -0.39 is 0 Å². The van der Waals surface area contributed by atoms with Crippen molar-refractivity contribution in [3.8, 4) is 0 Å². The van der Waals surface area contributed by atoms with Crippen molar-refractivity contribution in [2.24, 2.45) is 11.3 Å². The maximum absolute atomic E-state index is 6.43. The van der Waals surface area contributed by atoms with Crippen LogP contribution in [0.25, 0.3) is 0 Å². The van der Waals surface area contributed by atoms with Crippen LogP contribution in [0.5, 0.6) is 0 Å². The van der Waals surface area contributed by atoms with Crippen molar-refractivity contribution in [3.05, 3.63) is 12.7 Å². The van der Waals surface area contributed by atoms with Crippen molar-refractivity contribution >= 4 is 0 Å². The zero-order valence-electron chi connectivity index (χ0n) is 18.2. The Morgan fingerprint density at radius 2 is 1.93 bits per heavy atom. The minimum absolute atomic E-state index is 0.177. The molecule has 0 amide bonds. The van der Waals surface area contributed by atoms with Crippen molar-refractivity contribution in [1.29, 1.82) is 0 Å². The molecule has 2 rings (SSSR count). The molecule has 1 unspecified atom stereocenters. The van der Waals surface area contributed by atoms with E-state index in [2.05, 4.69) is 32.3 Å². The number of hydrogen-bond donors (Lipinski definition) is 0. The monoisotopic (exact) mass is 383 g/mol. The van der Waals surface area contributed by atoms with Crippen LogP contribution in [0.3, 0.4) is 0 Å². The lowest BCUT2D eigenvalue weighted by molar-refractivity contribution is -0.197. The third-order valence-electron chi connectivity index (χ3n) is 6.77. The van der Waals surface area contributed by atoms with Crippen LogP contribution in [0.4, 0.5) is 0 Å². The molecule has 158 valence electrons. The molecule has 0 N–H and O–H groups in total. The second-order valence-corrected chi connectivity index (χ2v) is 8.82. The second kappa shape index (κ2) is 10.4. The van der Waals surface area contributed by atoms with Crippen LogP contribution in [-0.2, 0) is 18.9 Å². The van der Waals surface area contributed by atoms with Gasteiger partial charge in [0.2, 0.25) is 0 Å². The Morgan fingerprint density at radius 3 is 2.48 bits per heavy atom. The molecule has 1 spiro atoms. The van der Waals surface area contributed by atoms with Crippen LogP contribution in [0.2, 0.25) is 0 Å². The summed E-state index contributed by atoms with van der Waals surface area (Å²) in [5, 5.41) is 0. The highest BCUT2D eigenvalue weighted by atomic mass is 16.7. The number of methoxy groups -OCH3 is 2. The van der Waals surface area contributed by atoms with E-state index >= 15 is 0 Å². The van der Waals surface area contributed by atoms with Gasteiger partial charge >= 0.3 is 0 Å². The molecule has 5 heteroatoms. The van der Waals surface area contributed by atoms with Gasteiger partial charge in [-0.2, -0.15) is 0 Å². The highest BCUT2D eigenvalue weighted by molar-refractivity contribution is 4.90. The first-order valence-corrected chi connectivity index (χ1v) is 10.6.